The minimum absolute atomic E-state index is 0. The number of benzene rings is 4. The second kappa shape index (κ2) is 17.3. The summed E-state index contributed by atoms with van der Waals surface area (Å²) >= 11 is 0. The smallest absolute Gasteiger partial charge is 0.121 e. The standard InChI is InChI=1S/C28H24NO.C22H30NSi.Ir/c1-28(2,3)18-19-14-15-29-25(16-19)24-11-7-10-23-22-13-12-21(17-26(22)30-27(23)24)20-8-5-4-6-9-20;1-17-10-12-19(13-11-17)21-15-20(14-18-8-6-5-7-9-18)22(16-23-21)24(2,3)4;/h4-10,12-17H,18H2,1-3H3;10-12,15-16,18H,5-9,14H2,1-4H3;/q2*-1;. The molecule has 8 rings (SSSR count). The van der Waals surface area contributed by atoms with Gasteiger partial charge in [-0.05, 0) is 64.0 Å². The summed E-state index contributed by atoms with van der Waals surface area (Å²) in [6.07, 6.45) is 13.4. The maximum absolute atomic E-state index is 6.37. The van der Waals surface area contributed by atoms with Gasteiger partial charge < -0.3 is 14.4 Å². The Bertz CT molecular complexity index is 2340. The topological polar surface area (TPSA) is 38.9 Å². The van der Waals surface area contributed by atoms with Gasteiger partial charge in [-0.3, -0.25) is 0 Å². The molecule has 1 radical (unpaired) electrons. The largest absolute Gasteiger partial charge is 0.501 e. The van der Waals surface area contributed by atoms with Gasteiger partial charge in [0.25, 0.3) is 0 Å². The number of nitrogens with zero attached hydrogens (tertiary/aromatic N) is 2. The van der Waals surface area contributed by atoms with E-state index < -0.39 is 8.07 Å². The van der Waals surface area contributed by atoms with Crippen molar-refractivity contribution < 1.29 is 24.5 Å². The quantitative estimate of drug-likeness (QED) is 0.118. The van der Waals surface area contributed by atoms with Crippen molar-refractivity contribution in [3.63, 3.8) is 0 Å². The Morgan fingerprint density at radius 2 is 1.56 bits per heavy atom. The first-order valence-corrected chi connectivity index (χ1v) is 23.3. The van der Waals surface area contributed by atoms with Crippen molar-refractivity contribution in [1.82, 2.24) is 9.97 Å². The van der Waals surface area contributed by atoms with E-state index in [1.807, 2.05) is 18.3 Å². The fraction of sp³-hybridized carbons (Fsp3) is 0.320. The second-order valence-electron chi connectivity index (χ2n) is 17.5. The Morgan fingerprint density at radius 1 is 0.782 bits per heavy atom. The average molecular weight is 919 g/mol. The minimum Gasteiger partial charge on any atom is -0.501 e. The van der Waals surface area contributed by atoms with Gasteiger partial charge in [0, 0.05) is 37.9 Å². The summed E-state index contributed by atoms with van der Waals surface area (Å²) in [5, 5.41) is 3.76. The van der Waals surface area contributed by atoms with Crippen LogP contribution in [-0.2, 0) is 32.9 Å². The molecule has 0 unspecified atom stereocenters. The minimum atomic E-state index is -1.37. The Morgan fingerprint density at radius 3 is 2.27 bits per heavy atom. The van der Waals surface area contributed by atoms with Crippen LogP contribution in [0, 0.1) is 30.4 Å². The molecule has 1 aliphatic carbocycles. The van der Waals surface area contributed by atoms with Gasteiger partial charge in [0.1, 0.15) is 5.58 Å². The summed E-state index contributed by atoms with van der Waals surface area (Å²) in [6, 6.07) is 40.6. The first kappa shape index (κ1) is 40.5. The van der Waals surface area contributed by atoms with E-state index in [0.29, 0.717) is 0 Å². The fourth-order valence-electron chi connectivity index (χ4n) is 7.93. The van der Waals surface area contributed by atoms with Gasteiger partial charge in [-0.25, -0.2) is 0 Å². The van der Waals surface area contributed by atoms with E-state index in [0.717, 1.165) is 62.4 Å². The van der Waals surface area contributed by atoms with Gasteiger partial charge >= 0.3 is 0 Å². The second-order valence-corrected chi connectivity index (χ2v) is 22.6. The predicted octanol–water partition coefficient (Wildman–Crippen LogP) is 13.2. The van der Waals surface area contributed by atoms with Crippen LogP contribution >= 0.6 is 0 Å². The van der Waals surface area contributed by atoms with Crippen molar-refractivity contribution in [2.24, 2.45) is 11.3 Å². The molecule has 4 aromatic carbocycles. The molecular weight excluding hydrogens is 865 g/mol. The van der Waals surface area contributed by atoms with Gasteiger partial charge in [0.15, 0.2) is 0 Å². The fourth-order valence-corrected chi connectivity index (χ4v) is 9.52. The van der Waals surface area contributed by atoms with Crippen LogP contribution in [0.5, 0.6) is 0 Å². The summed E-state index contributed by atoms with van der Waals surface area (Å²) in [4.78, 5) is 9.44. The van der Waals surface area contributed by atoms with E-state index in [-0.39, 0.29) is 25.5 Å². The van der Waals surface area contributed by atoms with E-state index in [9.17, 15) is 0 Å². The van der Waals surface area contributed by atoms with Gasteiger partial charge in [-0.2, -0.15) is 0 Å². The molecule has 285 valence electrons. The van der Waals surface area contributed by atoms with Crippen LogP contribution in [0.2, 0.25) is 19.6 Å². The van der Waals surface area contributed by atoms with Gasteiger partial charge in [0.05, 0.1) is 13.7 Å². The molecule has 0 atom stereocenters. The third-order valence-electron chi connectivity index (χ3n) is 10.6. The summed E-state index contributed by atoms with van der Waals surface area (Å²) in [5.74, 6) is 0.867. The molecule has 1 saturated carbocycles. The van der Waals surface area contributed by atoms with Crippen LogP contribution in [0.4, 0.5) is 0 Å². The van der Waals surface area contributed by atoms with Crippen molar-refractivity contribution in [2.45, 2.75) is 92.3 Å². The third-order valence-corrected chi connectivity index (χ3v) is 12.7. The SMILES string of the molecule is CC(C)(C)Cc1ccnc(-c2[c-]ccc3c2oc2cc(-c4ccccc4)ccc23)c1.Cc1c[c-]c(-c2cc(CC3CCCCC3)c([Si](C)(C)C)cn2)cc1.[Ir]. The Balaban J connectivity index is 0.000000188. The number of aryl methyl sites for hydroxylation is 1. The van der Waals surface area contributed by atoms with Crippen LogP contribution in [0.1, 0.15) is 69.6 Å². The summed E-state index contributed by atoms with van der Waals surface area (Å²) < 4.78 is 6.37. The number of rotatable bonds is 7. The van der Waals surface area contributed by atoms with Crippen molar-refractivity contribution in [3.8, 4) is 33.6 Å². The van der Waals surface area contributed by atoms with E-state index >= 15 is 0 Å². The molecule has 0 amide bonds. The molecule has 0 aliphatic heterocycles. The first-order valence-electron chi connectivity index (χ1n) is 19.8. The number of fused-ring (bicyclic) bond motifs is 3. The van der Waals surface area contributed by atoms with E-state index in [4.69, 9.17) is 9.40 Å². The van der Waals surface area contributed by atoms with Gasteiger partial charge in [0.2, 0.25) is 0 Å². The number of hydrogen-bond donors (Lipinski definition) is 0. The molecule has 1 aliphatic rings. The summed E-state index contributed by atoms with van der Waals surface area (Å²) in [5.41, 5.74) is 12.4. The predicted molar refractivity (Wildman–Crippen MR) is 231 cm³/mol. The first-order chi connectivity index (χ1) is 25.9. The zero-order chi connectivity index (χ0) is 37.9. The third kappa shape index (κ3) is 10.00. The number of aromatic nitrogens is 2. The van der Waals surface area contributed by atoms with Crippen LogP contribution in [0.25, 0.3) is 55.6 Å². The van der Waals surface area contributed by atoms with E-state index in [1.54, 1.807) is 10.8 Å². The normalized spacial score (nSPS) is 13.7. The summed E-state index contributed by atoms with van der Waals surface area (Å²) in [7, 11) is -1.37. The molecule has 3 heterocycles. The molecule has 0 spiro atoms. The molecule has 0 N–H and O–H groups in total. The monoisotopic (exact) mass is 919 g/mol. The van der Waals surface area contributed by atoms with Crippen molar-refractivity contribution >= 4 is 35.2 Å². The molecule has 5 heteroatoms. The van der Waals surface area contributed by atoms with Crippen molar-refractivity contribution in [2.75, 3.05) is 0 Å². The van der Waals surface area contributed by atoms with Crippen molar-refractivity contribution in [1.29, 1.82) is 0 Å². The Hall–Kier alpha value is -4.15. The number of pyridine rings is 2. The van der Waals surface area contributed by atoms with Crippen LogP contribution < -0.4 is 5.19 Å². The average Bonchev–Trinajstić information content (AvgIpc) is 3.53. The molecule has 0 bridgehead atoms. The molecule has 3 nitrogen and oxygen atoms in total. The molecule has 7 aromatic rings. The molecule has 3 aromatic heterocycles. The maximum Gasteiger partial charge on any atom is 0.121 e. The zero-order valence-corrected chi connectivity index (χ0v) is 37.0. The van der Waals surface area contributed by atoms with Crippen LogP contribution in [0.3, 0.4) is 0 Å². The molecule has 0 saturated heterocycles. The van der Waals surface area contributed by atoms with Crippen molar-refractivity contribution in [3.05, 3.63) is 138 Å². The van der Waals surface area contributed by atoms with Gasteiger partial charge in [-0.15, -0.1) is 53.6 Å². The number of furan rings is 1. The van der Waals surface area contributed by atoms with E-state index in [2.05, 4.69) is 156 Å². The zero-order valence-electron chi connectivity index (χ0n) is 33.6. The number of hydrogen-bond acceptors (Lipinski definition) is 3. The maximum atomic E-state index is 6.37. The Kier molecular flexibility index (Phi) is 12.8. The Labute approximate surface area is 343 Å². The van der Waals surface area contributed by atoms with E-state index in [1.165, 1.54) is 55.2 Å². The summed E-state index contributed by atoms with van der Waals surface area (Å²) in [6.45, 7) is 16.2. The molecule has 1 fully saturated rings. The van der Waals surface area contributed by atoms with Crippen LogP contribution in [-0.4, -0.2) is 18.0 Å². The van der Waals surface area contributed by atoms with Gasteiger partial charge in [-0.1, -0.05) is 156 Å². The molecular formula is C50H54IrN2OSi-2. The van der Waals surface area contributed by atoms with Crippen LogP contribution in [0.15, 0.2) is 114 Å². The molecule has 55 heavy (non-hydrogen) atoms.